The predicted octanol–water partition coefficient (Wildman–Crippen LogP) is 2.94. The monoisotopic (exact) mass is 457 g/mol. The van der Waals surface area contributed by atoms with Crippen LogP contribution in [0.15, 0.2) is 35.1 Å². The third kappa shape index (κ3) is 5.39. The summed E-state index contributed by atoms with van der Waals surface area (Å²) >= 11 is 0. The van der Waals surface area contributed by atoms with Crippen molar-refractivity contribution >= 4 is 33.5 Å². The van der Waals surface area contributed by atoms with Gasteiger partial charge in [0.25, 0.3) is 0 Å². The molecule has 0 amide bonds. The van der Waals surface area contributed by atoms with Crippen molar-refractivity contribution in [1.82, 2.24) is 20.1 Å². The fraction of sp³-hybridized carbons (Fsp3) is 0.294. The molecule has 3 heterocycles. The molecule has 0 saturated heterocycles. The number of alkyl halides is 3. The van der Waals surface area contributed by atoms with Crippen LogP contribution in [0.2, 0.25) is 0 Å². The van der Waals surface area contributed by atoms with E-state index in [1.54, 1.807) is 19.1 Å². The van der Waals surface area contributed by atoms with E-state index in [0.717, 1.165) is 10.6 Å². The van der Waals surface area contributed by atoms with Crippen LogP contribution >= 0.6 is 0 Å². The summed E-state index contributed by atoms with van der Waals surface area (Å²) in [5.41, 5.74) is -0.178. The molecule has 3 rings (SSSR count). The molecule has 0 fully saturated rings. The summed E-state index contributed by atoms with van der Waals surface area (Å²) in [6, 6.07) is 4.61. The summed E-state index contributed by atoms with van der Waals surface area (Å²) in [4.78, 5) is 11.6. The first-order chi connectivity index (χ1) is 14.4. The Morgan fingerprint density at radius 1 is 1.26 bits per heavy atom. The number of nitrogens with one attached hydrogen (secondary N) is 2. The zero-order valence-corrected chi connectivity index (χ0v) is 17.4. The summed E-state index contributed by atoms with van der Waals surface area (Å²) in [6.45, 7) is 1.50. The van der Waals surface area contributed by atoms with Gasteiger partial charge in [0.2, 0.25) is 21.9 Å². The number of rotatable bonds is 7. The fourth-order valence-electron chi connectivity index (χ4n) is 2.50. The predicted molar refractivity (Wildman–Crippen MR) is 106 cm³/mol. The number of aryl methyl sites for hydroxylation is 1. The first kappa shape index (κ1) is 22.3. The molecule has 0 aliphatic rings. The highest BCUT2D eigenvalue weighted by Crippen LogP contribution is 2.34. The Bertz CT molecular complexity index is 1180. The lowest BCUT2D eigenvalue weighted by molar-refractivity contribution is -0.137. The lowest BCUT2D eigenvalue weighted by atomic mass is 10.2. The summed E-state index contributed by atoms with van der Waals surface area (Å²) < 4.78 is 69.9. The van der Waals surface area contributed by atoms with Crippen LogP contribution in [0.1, 0.15) is 16.8 Å². The Kier molecular flexibility index (Phi) is 6.01. The average molecular weight is 457 g/mol. The van der Waals surface area contributed by atoms with E-state index >= 15 is 0 Å². The molecule has 0 saturated carbocycles. The number of sulfonamides is 1. The smallest absolute Gasteiger partial charge is 0.365 e. The topological polar surface area (TPSA) is 126 Å². The highest BCUT2D eigenvalue weighted by Gasteiger charge is 2.35. The van der Waals surface area contributed by atoms with E-state index in [9.17, 15) is 21.6 Å². The Balaban J connectivity index is 1.91. The third-order valence-corrected chi connectivity index (χ3v) is 5.23. The van der Waals surface area contributed by atoms with Crippen molar-refractivity contribution in [2.24, 2.45) is 0 Å². The highest BCUT2D eigenvalue weighted by atomic mass is 32.2. The zero-order valence-electron chi connectivity index (χ0n) is 16.6. The quantitative estimate of drug-likeness (QED) is 0.551. The molecule has 0 aliphatic carbocycles. The number of halogens is 3. The lowest BCUT2D eigenvalue weighted by Gasteiger charge is -2.20. The zero-order chi connectivity index (χ0) is 22.8. The molecule has 3 aromatic rings. The summed E-state index contributed by atoms with van der Waals surface area (Å²) in [5.74, 6) is -0.410. The van der Waals surface area contributed by atoms with Gasteiger partial charge >= 0.3 is 6.18 Å². The van der Waals surface area contributed by atoms with Gasteiger partial charge in [-0.15, -0.1) is 0 Å². The van der Waals surface area contributed by atoms with E-state index in [1.807, 2.05) is 0 Å². The van der Waals surface area contributed by atoms with Crippen LogP contribution < -0.4 is 14.9 Å². The number of nitrogens with zero attached hydrogens (tertiary/aromatic N) is 5. The molecular weight excluding hydrogens is 439 g/mol. The van der Waals surface area contributed by atoms with Crippen LogP contribution in [0.3, 0.4) is 0 Å². The molecule has 0 spiro atoms. The van der Waals surface area contributed by atoms with Crippen molar-refractivity contribution in [2.75, 3.05) is 28.2 Å². The summed E-state index contributed by atoms with van der Waals surface area (Å²) in [7, 11) is -2.32. The van der Waals surface area contributed by atoms with E-state index in [-0.39, 0.29) is 24.2 Å². The minimum atomic E-state index is -4.72. The lowest BCUT2D eigenvalue weighted by Crippen LogP contribution is -2.27. The van der Waals surface area contributed by atoms with E-state index in [2.05, 4.69) is 30.7 Å². The molecule has 10 nitrogen and oxygen atoms in total. The first-order valence-corrected chi connectivity index (χ1v) is 10.6. The Hall–Kier alpha value is -3.42. The van der Waals surface area contributed by atoms with Crippen LogP contribution in [-0.2, 0) is 22.7 Å². The van der Waals surface area contributed by atoms with Gasteiger partial charge in [-0.3, -0.25) is 9.62 Å². The van der Waals surface area contributed by atoms with Crippen LogP contribution in [0.5, 0.6) is 0 Å². The summed E-state index contributed by atoms with van der Waals surface area (Å²) in [5, 5.41) is 8.89. The number of pyridine rings is 1. The summed E-state index contributed by atoms with van der Waals surface area (Å²) in [6.07, 6.45) is -1.71. The van der Waals surface area contributed by atoms with Gasteiger partial charge in [-0.25, -0.2) is 18.4 Å². The van der Waals surface area contributed by atoms with Gasteiger partial charge in [0.15, 0.2) is 0 Å². The molecule has 3 aromatic heterocycles. The Labute approximate surface area is 175 Å². The number of hydrogen-bond acceptors (Lipinski definition) is 9. The van der Waals surface area contributed by atoms with Crippen LogP contribution in [0, 0.1) is 6.92 Å². The van der Waals surface area contributed by atoms with E-state index < -0.39 is 27.6 Å². The van der Waals surface area contributed by atoms with Crippen LogP contribution in [0.25, 0.3) is 0 Å². The van der Waals surface area contributed by atoms with Gasteiger partial charge in [0, 0.05) is 37.6 Å². The largest absolute Gasteiger partial charge is 0.421 e. The maximum Gasteiger partial charge on any atom is 0.421 e. The first-order valence-electron chi connectivity index (χ1n) is 8.71. The van der Waals surface area contributed by atoms with Crippen molar-refractivity contribution in [3.63, 3.8) is 0 Å². The molecule has 31 heavy (non-hydrogen) atoms. The SMILES string of the molecule is Cc1cc(Nc2ncc(C(F)(F)F)c(NCc3cccnc3N(C)S(C)(=O)=O)n2)on1. The van der Waals surface area contributed by atoms with Crippen molar-refractivity contribution < 1.29 is 26.1 Å². The molecule has 0 radical (unpaired) electrons. The van der Waals surface area contributed by atoms with Crippen LogP contribution in [0.4, 0.5) is 36.6 Å². The van der Waals surface area contributed by atoms with Gasteiger partial charge in [-0.1, -0.05) is 11.2 Å². The minimum Gasteiger partial charge on any atom is -0.365 e. The van der Waals surface area contributed by atoms with Crippen molar-refractivity contribution in [3.8, 4) is 0 Å². The third-order valence-electron chi connectivity index (χ3n) is 4.07. The van der Waals surface area contributed by atoms with Gasteiger partial charge in [0.05, 0.1) is 11.9 Å². The number of aromatic nitrogens is 4. The average Bonchev–Trinajstić information content (AvgIpc) is 3.09. The van der Waals surface area contributed by atoms with Gasteiger partial charge in [-0.2, -0.15) is 18.2 Å². The second kappa shape index (κ2) is 8.37. The molecule has 0 aromatic carbocycles. The molecule has 0 unspecified atom stereocenters. The van der Waals surface area contributed by atoms with Gasteiger partial charge in [0.1, 0.15) is 17.2 Å². The maximum atomic E-state index is 13.4. The molecule has 14 heteroatoms. The molecule has 0 bridgehead atoms. The number of hydrogen-bond donors (Lipinski definition) is 2. The Morgan fingerprint density at radius 3 is 2.61 bits per heavy atom. The molecule has 2 N–H and O–H groups in total. The van der Waals surface area contributed by atoms with Crippen LogP contribution in [-0.4, -0.2) is 41.8 Å². The van der Waals surface area contributed by atoms with E-state index in [4.69, 9.17) is 4.52 Å². The van der Waals surface area contributed by atoms with Crippen molar-refractivity contribution in [2.45, 2.75) is 19.6 Å². The Morgan fingerprint density at radius 2 is 2.00 bits per heavy atom. The number of anilines is 4. The fourth-order valence-corrected chi connectivity index (χ4v) is 2.98. The van der Waals surface area contributed by atoms with E-state index in [1.165, 1.54) is 19.3 Å². The second-order valence-electron chi connectivity index (χ2n) is 6.48. The van der Waals surface area contributed by atoms with Crippen molar-refractivity contribution in [1.29, 1.82) is 0 Å². The van der Waals surface area contributed by atoms with Crippen molar-refractivity contribution in [3.05, 3.63) is 47.4 Å². The maximum absolute atomic E-state index is 13.4. The normalized spacial score (nSPS) is 11.9. The van der Waals surface area contributed by atoms with Gasteiger partial charge < -0.3 is 9.84 Å². The van der Waals surface area contributed by atoms with E-state index in [0.29, 0.717) is 17.5 Å². The second-order valence-corrected chi connectivity index (χ2v) is 8.50. The molecule has 166 valence electrons. The molecule has 0 atom stereocenters. The standard InChI is InChI=1S/C17H18F3N7O3S/c1-10-7-13(30-26-10)24-16-23-9-12(17(18,19)20)14(25-16)22-8-11-5-4-6-21-15(11)27(2)31(3,28)29/h4-7,9H,8H2,1-3H3,(H2,22,23,24,25). The molecular formula is C17H18F3N7O3S. The van der Waals surface area contributed by atoms with Gasteiger partial charge in [-0.05, 0) is 13.0 Å². The molecule has 0 aliphatic heterocycles. The highest BCUT2D eigenvalue weighted by molar-refractivity contribution is 7.92. The minimum absolute atomic E-state index is 0.0793.